The molecule has 6 heteroatoms. The molecule has 1 aromatic rings. The van der Waals surface area contributed by atoms with Gasteiger partial charge < -0.3 is 15.5 Å². The summed E-state index contributed by atoms with van der Waals surface area (Å²) in [5.41, 5.74) is 6.73. The van der Waals surface area contributed by atoms with E-state index in [0.29, 0.717) is 19.6 Å². The molecule has 0 aromatic heterocycles. The molecule has 1 aliphatic carbocycles. The average molecular weight is 333 g/mol. The van der Waals surface area contributed by atoms with Gasteiger partial charge in [-0.15, -0.1) is 0 Å². The van der Waals surface area contributed by atoms with Gasteiger partial charge in [0.2, 0.25) is 11.8 Å². The van der Waals surface area contributed by atoms with Crippen LogP contribution in [0.5, 0.6) is 0 Å². The van der Waals surface area contributed by atoms with Crippen molar-refractivity contribution < 1.29 is 14.0 Å². The van der Waals surface area contributed by atoms with Crippen molar-refractivity contribution in [2.24, 2.45) is 11.7 Å². The number of halogens is 1. The molecule has 2 N–H and O–H groups in total. The van der Waals surface area contributed by atoms with Crippen LogP contribution in [0.15, 0.2) is 24.3 Å². The highest BCUT2D eigenvalue weighted by Gasteiger charge is 2.33. The maximum Gasteiger partial charge on any atom is 0.242 e. The minimum absolute atomic E-state index is 0.0451. The second-order valence-corrected chi connectivity index (χ2v) is 6.83. The fourth-order valence-electron chi connectivity index (χ4n) is 3.63. The molecular weight excluding hydrogens is 309 g/mol. The Morgan fingerprint density at radius 3 is 2.83 bits per heavy atom. The van der Waals surface area contributed by atoms with Crippen LogP contribution in [0.3, 0.4) is 0 Å². The number of hydrogen-bond acceptors (Lipinski definition) is 3. The first-order valence-electron chi connectivity index (χ1n) is 8.59. The average Bonchev–Trinajstić information content (AvgIpc) is 2.56. The topological polar surface area (TPSA) is 66.6 Å². The molecule has 130 valence electrons. The molecule has 1 aromatic carbocycles. The first-order chi connectivity index (χ1) is 11.5. The van der Waals surface area contributed by atoms with Crippen molar-refractivity contribution in [3.05, 3.63) is 35.6 Å². The third-order valence-corrected chi connectivity index (χ3v) is 4.96. The summed E-state index contributed by atoms with van der Waals surface area (Å²) in [4.78, 5) is 28.3. The maximum absolute atomic E-state index is 13.3. The van der Waals surface area contributed by atoms with Crippen LogP contribution < -0.4 is 5.73 Å². The highest BCUT2D eigenvalue weighted by molar-refractivity contribution is 5.87. The first-order valence-corrected chi connectivity index (χ1v) is 8.59. The van der Waals surface area contributed by atoms with Crippen molar-refractivity contribution in [1.82, 2.24) is 9.80 Å². The van der Waals surface area contributed by atoms with Crippen molar-refractivity contribution in [2.75, 3.05) is 19.6 Å². The third kappa shape index (κ3) is 3.93. The molecule has 1 aliphatic heterocycles. The molecule has 2 atom stereocenters. The number of carbonyl (C=O) groups is 2. The number of carbonyl (C=O) groups excluding carboxylic acids is 2. The largest absolute Gasteiger partial charge is 0.335 e. The van der Waals surface area contributed by atoms with Gasteiger partial charge in [0.05, 0.1) is 6.54 Å². The summed E-state index contributed by atoms with van der Waals surface area (Å²) in [7, 11) is 0. The quantitative estimate of drug-likeness (QED) is 0.912. The van der Waals surface area contributed by atoms with Crippen LogP contribution in [0, 0.1) is 11.7 Å². The third-order valence-electron chi connectivity index (χ3n) is 4.96. The van der Waals surface area contributed by atoms with E-state index in [9.17, 15) is 14.0 Å². The van der Waals surface area contributed by atoms with Crippen LogP contribution in [0.25, 0.3) is 0 Å². The van der Waals surface area contributed by atoms with Crippen LogP contribution in [-0.4, -0.2) is 47.3 Å². The van der Waals surface area contributed by atoms with E-state index in [-0.39, 0.29) is 36.1 Å². The molecule has 5 nitrogen and oxygen atoms in total. The van der Waals surface area contributed by atoms with E-state index < -0.39 is 0 Å². The van der Waals surface area contributed by atoms with E-state index in [0.717, 1.165) is 31.2 Å². The number of hydrogen-bond donors (Lipinski definition) is 1. The fourth-order valence-corrected chi connectivity index (χ4v) is 3.63. The van der Waals surface area contributed by atoms with Gasteiger partial charge in [-0.2, -0.15) is 0 Å². The van der Waals surface area contributed by atoms with Gasteiger partial charge >= 0.3 is 0 Å². The number of piperazine rings is 1. The molecule has 1 saturated heterocycles. The molecule has 1 heterocycles. The Bertz CT molecular complexity index is 622. The zero-order chi connectivity index (χ0) is 17.1. The van der Waals surface area contributed by atoms with E-state index in [4.69, 9.17) is 5.73 Å². The van der Waals surface area contributed by atoms with Gasteiger partial charge in [-0.05, 0) is 37.0 Å². The summed E-state index contributed by atoms with van der Waals surface area (Å²) in [5, 5.41) is 0. The van der Waals surface area contributed by atoms with Crippen molar-refractivity contribution in [3.8, 4) is 0 Å². The summed E-state index contributed by atoms with van der Waals surface area (Å²) < 4.78 is 13.3. The zero-order valence-electron chi connectivity index (χ0n) is 13.8. The first kappa shape index (κ1) is 16.9. The maximum atomic E-state index is 13.3. The molecular formula is C18H24FN3O2. The molecule has 0 bridgehead atoms. The molecule has 0 radical (unpaired) electrons. The smallest absolute Gasteiger partial charge is 0.242 e. The molecule has 2 unspecified atom stereocenters. The number of nitrogens with two attached hydrogens (primary N) is 1. The van der Waals surface area contributed by atoms with Crippen molar-refractivity contribution in [1.29, 1.82) is 0 Å². The molecule has 3 rings (SSSR count). The van der Waals surface area contributed by atoms with Crippen LogP contribution in [0.4, 0.5) is 4.39 Å². The van der Waals surface area contributed by atoms with Crippen LogP contribution in [0.1, 0.15) is 31.2 Å². The van der Waals surface area contributed by atoms with Gasteiger partial charge in [0, 0.05) is 31.6 Å². The van der Waals surface area contributed by atoms with Crippen LogP contribution >= 0.6 is 0 Å². The lowest BCUT2D eigenvalue weighted by molar-refractivity contribution is -0.148. The summed E-state index contributed by atoms with van der Waals surface area (Å²) in [6, 6.07) is 6.36. The number of nitrogens with zero attached hydrogens (tertiary/aromatic N) is 2. The minimum atomic E-state index is -0.303. The van der Waals surface area contributed by atoms with Gasteiger partial charge in [0.25, 0.3) is 0 Å². The van der Waals surface area contributed by atoms with Crippen molar-refractivity contribution in [3.63, 3.8) is 0 Å². The zero-order valence-corrected chi connectivity index (χ0v) is 13.8. The standard InChI is InChI=1S/C18H24FN3O2/c19-15-5-1-3-13(9-15)11-21-7-8-22(12-17(21)23)18(24)14-4-2-6-16(20)10-14/h1,3,5,9,14,16H,2,4,6-8,10-12,20H2. The Morgan fingerprint density at radius 2 is 2.12 bits per heavy atom. The van der Waals surface area contributed by atoms with Gasteiger partial charge in [-0.3, -0.25) is 9.59 Å². The van der Waals surface area contributed by atoms with E-state index in [1.165, 1.54) is 12.1 Å². The molecule has 0 spiro atoms. The van der Waals surface area contributed by atoms with E-state index in [1.807, 2.05) is 0 Å². The predicted molar refractivity (Wildman–Crippen MR) is 88.3 cm³/mol. The second-order valence-electron chi connectivity index (χ2n) is 6.83. The Kier molecular flexibility index (Phi) is 5.14. The van der Waals surface area contributed by atoms with E-state index in [1.54, 1.807) is 21.9 Å². The summed E-state index contributed by atoms with van der Waals surface area (Å²) in [5.74, 6) is -0.374. The number of rotatable bonds is 3. The monoisotopic (exact) mass is 333 g/mol. The van der Waals surface area contributed by atoms with E-state index >= 15 is 0 Å². The summed E-state index contributed by atoms with van der Waals surface area (Å²) >= 11 is 0. The predicted octanol–water partition coefficient (Wildman–Crippen LogP) is 1.51. The Balaban J connectivity index is 1.56. The normalized spacial score (nSPS) is 25.0. The molecule has 2 amide bonds. The van der Waals surface area contributed by atoms with Gasteiger partial charge in [0.15, 0.2) is 0 Å². The van der Waals surface area contributed by atoms with Gasteiger partial charge in [-0.1, -0.05) is 18.6 Å². The Labute approximate surface area is 141 Å². The highest BCUT2D eigenvalue weighted by atomic mass is 19.1. The summed E-state index contributed by atoms with van der Waals surface area (Å²) in [6.07, 6.45) is 3.54. The summed E-state index contributed by atoms with van der Waals surface area (Å²) in [6.45, 7) is 1.51. The lowest BCUT2D eigenvalue weighted by atomic mass is 9.85. The van der Waals surface area contributed by atoms with Crippen molar-refractivity contribution in [2.45, 2.75) is 38.3 Å². The minimum Gasteiger partial charge on any atom is -0.335 e. The molecule has 2 aliphatic rings. The lowest BCUT2D eigenvalue weighted by Gasteiger charge is -2.37. The fraction of sp³-hybridized carbons (Fsp3) is 0.556. The molecule has 24 heavy (non-hydrogen) atoms. The Hall–Kier alpha value is -1.95. The van der Waals surface area contributed by atoms with Crippen molar-refractivity contribution >= 4 is 11.8 Å². The lowest BCUT2D eigenvalue weighted by Crippen LogP contribution is -2.53. The highest BCUT2D eigenvalue weighted by Crippen LogP contribution is 2.25. The van der Waals surface area contributed by atoms with Gasteiger partial charge in [-0.25, -0.2) is 4.39 Å². The van der Waals surface area contributed by atoms with Crippen LogP contribution in [0.2, 0.25) is 0 Å². The SMILES string of the molecule is NC1CCCC(C(=O)N2CCN(Cc3cccc(F)c3)C(=O)C2)C1. The van der Waals surface area contributed by atoms with Crippen LogP contribution in [-0.2, 0) is 16.1 Å². The number of benzene rings is 1. The van der Waals surface area contributed by atoms with Gasteiger partial charge in [0.1, 0.15) is 5.82 Å². The molecule has 2 fully saturated rings. The number of amides is 2. The van der Waals surface area contributed by atoms with E-state index in [2.05, 4.69) is 0 Å². The second kappa shape index (κ2) is 7.30. The molecule has 1 saturated carbocycles. The Morgan fingerprint density at radius 1 is 1.29 bits per heavy atom.